The Morgan fingerprint density at radius 2 is 1.72 bits per heavy atom. The molecule has 3 aromatic heterocycles. The van der Waals surface area contributed by atoms with Crippen molar-refractivity contribution in [3.05, 3.63) is 35.4 Å². The molecule has 1 aliphatic carbocycles. The molecule has 0 saturated heterocycles. The largest absolute Gasteiger partial charge is 0.479 e. The van der Waals surface area contributed by atoms with E-state index in [9.17, 15) is 13.5 Å². The number of ether oxygens (including phenoxy) is 3. The second-order valence-electron chi connectivity index (χ2n) is 9.06. The minimum atomic E-state index is -4.17. The highest BCUT2D eigenvalue weighted by Crippen LogP contribution is 2.41. The Balaban J connectivity index is 1.81. The van der Waals surface area contributed by atoms with Gasteiger partial charge in [0.05, 0.1) is 19.2 Å². The average molecular weight is 583 g/mol. The molecule has 39 heavy (non-hydrogen) atoms. The summed E-state index contributed by atoms with van der Waals surface area (Å²) in [6.07, 6.45) is 6.39. The maximum atomic E-state index is 13.7. The predicted octanol–water partition coefficient (Wildman–Crippen LogP) is 2.30. The molecular formula is C23H31ClN8O6S. The molecule has 0 radical (unpaired) electrons. The molecule has 16 heteroatoms. The molecule has 3 heterocycles. The topological polar surface area (TPSA) is 176 Å². The van der Waals surface area contributed by atoms with E-state index >= 15 is 0 Å². The van der Waals surface area contributed by atoms with Crippen LogP contribution in [0.2, 0.25) is 5.02 Å². The minimum absolute atomic E-state index is 0.0498. The third-order valence-electron chi connectivity index (χ3n) is 6.83. The first-order valence-corrected chi connectivity index (χ1v) is 14.2. The quantitative estimate of drug-likeness (QED) is 0.338. The highest BCUT2D eigenvalue weighted by molar-refractivity contribution is 7.93. The van der Waals surface area contributed by atoms with Gasteiger partial charge in [0, 0.05) is 32.0 Å². The number of aliphatic hydroxyl groups is 1. The number of methoxy groups -OCH3 is 3. The first kappa shape index (κ1) is 28.9. The van der Waals surface area contributed by atoms with Gasteiger partial charge >= 0.3 is 0 Å². The summed E-state index contributed by atoms with van der Waals surface area (Å²) in [5.41, 5.74) is 0.222. The SMILES string of the molecule is COc1ncnc(OC)c1-n1c(NS(=O)(=O)[C@@H](C)[C@H](OC)c2ncc(Cl)cn2)nnc1[C@H]1CCCC[C@H]1CO. The zero-order valence-electron chi connectivity index (χ0n) is 22.0. The van der Waals surface area contributed by atoms with E-state index in [0.29, 0.717) is 10.8 Å². The number of nitrogens with one attached hydrogen (secondary N) is 1. The molecule has 212 valence electrons. The standard InChI is InChI=1S/C23H31ClN8O6S/c1-13(18(36-2)19-25-9-15(24)10-26-19)39(34,35)31-23-30-29-20(16-8-6-5-7-14(16)11-33)32(23)17-21(37-3)27-12-28-22(17)38-4/h9-10,12-14,16,18,33H,5-8,11H2,1-4H3,(H,30,31)/t13-,14-,16-,18-/m0/s1. The summed E-state index contributed by atoms with van der Waals surface area (Å²) in [6, 6.07) is 0. The number of anilines is 1. The normalized spacial score (nSPS) is 19.3. The summed E-state index contributed by atoms with van der Waals surface area (Å²) in [6.45, 7) is 1.41. The van der Waals surface area contributed by atoms with Gasteiger partial charge in [0.25, 0.3) is 0 Å². The van der Waals surface area contributed by atoms with Crippen molar-refractivity contribution in [2.75, 3.05) is 32.7 Å². The van der Waals surface area contributed by atoms with E-state index in [1.165, 1.54) is 51.5 Å². The van der Waals surface area contributed by atoms with Crippen molar-refractivity contribution in [1.82, 2.24) is 34.7 Å². The van der Waals surface area contributed by atoms with E-state index in [-0.39, 0.29) is 47.7 Å². The Morgan fingerprint density at radius 3 is 2.31 bits per heavy atom. The minimum Gasteiger partial charge on any atom is -0.479 e. The molecular weight excluding hydrogens is 552 g/mol. The molecule has 0 amide bonds. The van der Waals surface area contributed by atoms with Crippen LogP contribution < -0.4 is 14.2 Å². The molecule has 1 saturated carbocycles. The zero-order valence-corrected chi connectivity index (χ0v) is 23.6. The van der Waals surface area contributed by atoms with Gasteiger partial charge in [0.15, 0.2) is 11.5 Å². The van der Waals surface area contributed by atoms with Crippen molar-refractivity contribution in [2.45, 2.75) is 49.9 Å². The van der Waals surface area contributed by atoms with Gasteiger partial charge in [-0.05, 0) is 25.7 Å². The van der Waals surface area contributed by atoms with Crippen LogP contribution in [0, 0.1) is 5.92 Å². The van der Waals surface area contributed by atoms with Crippen LogP contribution in [0.25, 0.3) is 5.69 Å². The number of sulfonamides is 1. The van der Waals surface area contributed by atoms with E-state index in [1.807, 2.05) is 0 Å². The number of halogens is 1. The predicted molar refractivity (Wildman–Crippen MR) is 141 cm³/mol. The molecule has 4 atom stereocenters. The van der Waals surface area contributed by atoms with Crippen LogP contribution in [0.3, 0.4) is 0 Å². The van der Waals surface area contributed by atoms with Crippen molar-refractivity contribution >= 4 is 27.6 Å². The van der Waals surface area contributed by atoms with Crippen LogP contribution in [0.5, 0.6) is 11.8 Å². The van der Waals surface area contributed by atoms with Crippen LogP contribution in [-0.2, 0) is 14.8 Å². The molecule has 2 N–H and O–H groups in total. The highest BCUT2D eigenvalue weighted by Gasteiger charge is 2.37. The fourth-order valence-electron chi connectivity index (χ4n) is 4.79. The molecule has 14 nitrogen and oxygen atoms in total. The van der Waals surface area contributed by atoms with E-state index in [2.05, 4.69) is 34.9 Å². The Labute approximate surface area is 231 Å². The molecule has 3 aromatic rings. The molecule has 0 aliphatic heterocycles. The van der Waals surface area contributed by atoms with Crippen LogP contribution >= 0.6 is 11.6 Å². The lowest BCUT2D eigenvalue weighted by Crippen LogP contribution is -2.33. The van der Waals surface area contributed by atoms with E-state index < -0.39 is 21.4 Å². The molecule has 0 spiro atoms. The van der Waals surface area contributed by atoms with Crippen LogP contribution in [-0.4, -0.2) is 81.4 Å². The lowest BCUT2D eigenvalue weighted by molar-refractivity contribution is 0.0950. The van der Waals surface area contributed by atoms with E-state index in [0.717, 1.165) is 25.7 Å². The number of nitrogens with zero attached hydrogens (tertiary/aromatic N) is 7. The van der Waals surface area contributed by atoms with Gasteiger partial charge in [-0.3, -0.25) is 9.29 Å². The van der Waals surface area contributed by atoms with Crippen LogP contribution in [0.15, 0.2) is 18.7 Å². The summed E-state index contributed by atoms with van der Waals surface area (Å²) in [5, 5.41) is 17.8. The first-order chi connectivity index (χ1) is 18.7. The van der Waals surface area contributed by atoms with Crippen molar-refractivity contribution in [1.29, 1.82) is 0 Å². The second kappa shape index (κ2) is 12.4. The molecule has 0 unspecified atom stereocenters. The number of aromatic nitrogens is 7. The van der Waals surface area contributed by atoms with Crippen molar-refractivity contribution < 1.29 is 27.7 Å². The van der Waals surface area contributed by atoms with Gasteiger partial charge in [-0.25, -0.2) is 18.4 Å². The van der Waals surface area contributed by atoms with Gasteiger partial charge in [0.2, 0.25) is 27.7 Å². The Bertz CT molecular complexity index is 1350. The smallest absolute Gasteiger partial charge is 0.245 e. The monoisotopic (exact) mass is 582 g/mol. The van der Waals surface area contributed by atoms with Gasteiger partial charge in [-0.1, -0.05) is 24.4 Å². The number of hydrogen-bond donors (Lipinski definition) is 2. The fraction of sp³-hybridized carbons (Fsp3) is 0.565. The van der Waals surface area contributed by atoms with Crippen LogP contribution in [0.4, 0.5) is 5.95 Å². The summed E-state index contributed by atoms with van der Waals surface area (Å²) in [5.74, 6) is 0.387. The molecule has 1 fully saturated rings. The number of rotatable bonds is 11. The third kappa shape index (κ3) is 5.90. The maximum absolute atomic E-state index is 13.7. The number of aliphatic hydroxyl groups excluding tert-OH is 1. The Kier molecular flexibility index (Phi) is 9.15. The average Bonchev–Trinajstić information content (AvgIpc) is 3.35. The maximum Gasteiger partial charge on any atom is 0.245 e. The fourth-order valence-corrected chi connectivity index (χ4v) is 6.01. The lowest BCUT2D eigenvalue weighted by Gasteiger charge is -2.30. The second-order valence-corrected chi connectivity index (χ2v) is 11.5. The first-order valence-electron chi connectivity index (χ1n) is 12.3. The van der Waals surface area contributed by atoms with Gasteiger partial charge in [-0.15, -0.1) is 10.2 Å². The Hall–Kier alpha value is -3.14. The van der Waals surface area contributed by atoms with Crippen LogP contribution in [0.1, 0.15) is 56.3 Å². The van der Waals surface area contributed by atoms with Gasteiger partial charge in [-0.2, -0.15) is 9.97 Å². The molecule has 0 bridgehead atoms. The van der Waals surface area contributed by atoms with Gasteiger partial charge < -0.3 is 19.3 Å². The molecule has 4 rings (SSSR count). The van der Waals surface area contributed by atoms with Crippen molar-refractivity contribution in [3.8, 4) is 17.4 Å². The lowest BCUT2D eigenvalue weighted by atomic mass is 9.79. The van der Waals surface area contributed by atoms with Gasteiger partial charge in [0.1, 0.15) is 23.5 Å². The summed E-state index contributed by atoms with van der Waals surface area (Å²) in [7, 11) is 0.0418. The molecule has 0 aromatic carbocycles. The van der Waals surface area contributed by atoms with E-state index in [4.69, 9.17) is 25.8 Å². The van der Waals surface area contributed by atoms with Crippen molar-refractivity contribution in [2.24, 2.45) is 5.92 Å². The number of hydrogen-bond acceptors (Lipinski definition) is 12. The third-order valence-corrected chi connectivity index (χ3v) is 8.72. The van der Waals surface area contributed by atoms with Crippen molar-refractivity contribution in [3.63, 3.8) is 0 Å². The Morgan fingerprint density at radius 1 is 1.08 bits per heavy atom. The highest BCUT2D eigenvalue weighted by atomic mass is 35.5. The summed E-state index contributed by atoms with van der Waals surface area (Å²) in [4.78, 5) is 16.6. The van der Waals surface area contributed by atoms with E-state index in [1.54, 1.807) is 0 Å². The zero-order chi connectivity index (χ0) is 28.2. The molecule has 1 aliphatic rings. The summed E-state index contributed by atoms with van der Waals surface area (Å²) < 4.78 is 47.8. The summed E-state index contributed by atoms with van der Waals surface area (Å²) >= 11 is 5.89.